The Hall–Kier alpha value is -2.05. The van der Waals surface area contributed by atoms with Gasteiger partial charge in [0.2, 0.25) is 0 Å². The number of nitrogens with zero attached hydrogens (tertiary/aromatic N) is 1. The third-order valence-corrected chi connectivity index (χ3v) is 3.89. The second-order valence-corrected chi connectivity index (χ2v) is 5.46. The first kappa shape index (κ1) is 16.3. The maximum atomic E-state index is 11.0. The number of benzene rings is 2. The Bertz CT molecular complexity index is 616. The molecule has 116 valence electrons. The van der Waals surface area contributed by atoms with E-state index >= 15 is 0 Å². The van der Waals surface area contributed by atoms with Crippen molar-refractivity contribution < 1.29 is 14.4 Å². The molecule has 0 spiro atoms. The van der Waals surface area contributed by atoms with E-state index in [-0.39, 0.29) is 10.6 Å². The quantitative estimate of drug-likeness (QED) is 0.415. The van der Waals surface area contributed by atoms with Gasteiger partial charge in [0, 0.05) is 17.6 Å². The fraction of sp³-hybridized carbons (Fsp3) is 0.250. The van der Waals surface area contributed by atoms with E-state index in [1.165, 1.54) is 17.8 Å². The number of nitro benzene ring substituents is 1. The van der Waals surface area contributed by atoms with E-state index in [0.29, 0.717) is 24.7 Å². The summed E-state index contributed by atoms with van der Waals surface area (Å²) in [6.07, 6.45) is 0. The summed E-state index contributed by atoms with van der Waals surface area (Å²) in [6.45, 7) is 3.68. The predicted molar refractivity (Wildman–Crippen MR) is 85.6 cm³/mol. The summed E-state index contributed by atoms with van der Waals surface area (Å²) < 4.78 is 10.7. The van der Waals surface area contributed by atoms with Crippen LogP contribution in [0.15, 0.2) is 58.3 Å². The Morgan fingerprint density at radius 3 is 2.50 bits per heavy atom. The molecule has 0 heterocycles. The Kier molecular flexibility index (Phi) is 6.24. The molecule has 22 heavy (non-hydrogen) atoms. The molecule has 0 saturated heterocycles. The van der Waals surface area contributed by atoms with Crippen LogP contribution < -0.4 is 4.74 Å². The number of rotatable bonds is 8. The van der Waals surface area contributed by atoms with Crippen LogP contribution in [0.2, 0.25) is 0 Å². The van der Waals surface area contributed by atoms with Crippen molar-refractivity contribution in [3.05, 3.63) is 58.6 Å². The molecule has 0 unspecified atom stereocenters. The molecular formula is C16H17NO4S. The summed E-state index contributed by atoms with van der Waals surface area (Å²) in [4.78, 5) is 12.2. The molecular weight excluding hydrogens is 302 g/mol. The molecule has 0 aliphatic carbocycles. The van der Waals surface area contributed by atoms with Gasteiger partial charge in [-0.25, -0.2) is 0 Å². The normalized spacial score (nSPS) is 10.4. The van der Waals surface area contributed by atoms with E-state index in [2.05, 4.69) is 0 Å². The molecule has 2 aromatic carbocycles. The van der Waals surface area contributed by atoms with Crippen LogP contribution in [-0.4, -0.2) is 24.7 Å². The van der Waals surface area contributed by atoms with E-state index in [9.17, 15) is 10.1 Å². The van der Waals surface area contributed by atoms with Crippen molar-refractivity contribution in [3.63, 3.8) is 0 Å². The summed E-state index contributed by atoms with van der Waals surface area (Å²) in [6, 6.07) is 14.2. The minimum atomic E-state index is -0.368. The predicted octanol–water partition coefficient (Wildman–Crippen LogP) is 4.16. The van der Waals surface area contributed by atoms with Gasteiger partial charge in [-0.05, 0) is 37.3 Å². The Balaban J connectivity index is 1.98. The average molecular weight is 319 g/mol. The van der Waals surface area contributed by atoms with E-state index in [0.717, 1.165) is 10.6 Å². The van der Waals surface area contributed by atoms with Crippen LogP contribution in [0.1, 0.15) is 6.92 Å². The Morgan fingerprint density at radius 1 is 1.09 bits per heavy atom. The highest BCUT2D eigenvalue weighted by atomic mass is 32.2. The van der Waals surface area contributed by atoms with Crippen molar-refractivity contribution in [1.29, 1.82) is 0 Å². The third-order valence-electron chi connectivity index (χ3n) is 2.81. The summed E-state index contributed by atoms with van der Waals surface area (Å²) in [5, 5.41) is 11.0. The molecule has 0 fully saturated rings. The van der Waals surface area contributed by atoms with Gasteiger partial charge in [0.25, 0.3) is 5.69 Å². The molecule has 2 rings (SSSR count). The standard InChI is InChI=1S/C16H17NO4S/c1-2-20-11-12-21-13-7-9-14(10-8-13)22-16-6-4-3-5-15(16)17(18)19/h3-10H,2,11-12H2,1H3. The molecule has 2 aromatic rings. The smallest absolute Gasteiger partial charge is 0.283 e. The van der Waals surface area contributed by atoms with Crippen LogP contribution in [0.4, 0.5) is 5.69 Å². The molecule has 0 amide bonds. The van der Waals surface area contributed by atoms with Crippen molar-refractivity contribution in [2.24, 2.45) is 0 Å². The first-order valence-electron chi connectivity index (χ1n) is 6.92. The zero-order valence-corrected chi connectivity index (χ0v) is 13.0. The number of hydrogen-bond donors (Lipinski definition) is 0. The van der Waals surface area contributed by atoms with Crippen LogP contribution in [0.25, 0.3) is 0 Å². The fourth-order valence-electron chi connectivity index (χ4n) is 1.79. The summed E-state index contributed by atoms with van der Waals surface area (Å²) >= 11 is 1.36. The Morgan fingerprint density at radius 2 is 1.82 bits per heavy atom. The number of nitro groups is 1. The SMILES string of the molecule is CCOCCOc1ccc(Sc2ccccc2[N+](=O)[O-])cc1. The van der Waals surface area contributed by atoms with Gasteiger partial charge in [0.1, 0.15) is 12.4 Å². The molecule has 0 saturated carbocycles. The van der Waals surface area contributed by atoms with Crippen LogP contribution in [-0.2, 0) is 4.74 Å². The molecule has 0 radical (unpaired) electrons. The van der Waals surface area contributed by atoms with E-state index in [1.54, 1.807) is 18.2 Å². The van der Waals surface area contributed by atoms with Crippen LogP contribution >= 0.6 is 11.8 Å². The maximum absolute atomic E-state index is 11.0. The van der Waals surface area contributed by atoms with Crippen LogP contribution in [0.5, 0.6) is 5.75 Å². The van der Waals surface area contributed by atoms with Crippen LogP contribution in [0, 0.1) is 10.1 Å². The van der Waals surface area contributed by atoms with Gasteiger partial charge >= 0.3 is 0 Å². The summed E-state index contributed by atoms with van der Waals surface area (Å²) in [5.41, 5.74) is 0.115. The van der Waals surface area contributed by atoms with Crippen molar-refractivity contribution in [2.45, 2.75) is 16.7 Å². The monoisotopic (exact) mass is 319 g/mol. The Labute approximate surface area is 133 Å². The highest BCUT2D eigenvalue weighted by Gasteiger charge is 2.13. The highest BCUT2D eigenvalue weighted by Crippen LogP contribution is 2.35. The minimum absolute atomic E-state index is 0.115. The first-order valence-corrected chi connectivity index (χ1v) is 7.74. The second kappa shape index (κ2) is 8.41. The lowest BCUT2D eigenvalue weighted by Gasteiger charge is -2.07. The third kappa shape index (κ3) is 4.75. The lowest BCUT2D eigenvalue weighted by atomic mass is 10.3. The van der Waals surface area contributed by atoms with Crippen molar-refractivity contribution in [1.82, 2.24) is 0 Å². The molecule has 0 aromatic heterocycles. The lowest BCUT2D eigenvalue weighted by Crippen LogP contribution is -2.06. The number of hydrogen-bond acceptors (Lipinski definition) is 5. The molecule has 0 N–H and O–H groups in total. The van der Waals surface area contributed by atoms with Gasteiger partial charge in [0.05, 0.1) is 16.4 Å². The average Bonchev–Trinajstić information content (AvgIpc) is 2.53. The van der Waals surface area contributed by atoms with Gasteiger partial charge < -0.3 is 9.47 Å². The summed E-state index contributed by atoms with van der Waals surface area (Å²) in [7, 11) is 0. The second-order valence-electron chi connectivity index (χ2n) is 4.34. The van der Waals surface area contributed by atoms with E-state index in [1.807, 2.05) is 31.2 Å². The topological polar surface area (TPSA) is 61.6 Å². The van der Waals surface area contributed by atoms with Crippen molar-refractivity contribution >= 4 is 17.4 Å². The molecule has 6 heteroatoms. The largest absolute Gasteiger partial charge is 0.491 e. The van der Waals surface area contributed by atoms with E-state index in [4.69, 9.17) is 9.47 Å². The maximum Gasteiger partial charge on any atom is 0.283 e. The number of ether oxygens (including phenoxy) is 2. The number of para-hydroxylation sites is 1. The van der Waals surface area contributed by atoms with Gasteiger partial charge in [-0.1, -0.05) is 23.9 Å². The van der Waals surface area contributed by atoms with Gasteiger partial charge in [0.15, 0.2) is 0 Å². The minimum Gasteiger partial charge on any atom is -0.491 e. The van der Waals surface area contributed by atoms with Crippen molar-refractivity contribution in [3.8, 4) is 5.75 Å². The molecule has 0 bridgehead atoms. The molecule has 5 nitrogen and oxygen atoms in total. The molecule has 0 atom stereocenters. The van der Waals surface area contributed by atoms with Gasteiger partial charge in [-0.3, -0.25) is 10.1 Å². The highest BCUT2D eigenvalue weighted by molar-refractivity contribution is 7.99. The first-order chi connectivity index (χ1) is 10.7. The van der Waals surface area contributed by atoms with Crippen LogP contribution in [0.3, 0.4) is 0 Å². The van der Waals surface area contributed by atoms with E-state index < -0.39 is 0 Å². The zero-order valence-electron chi connectivity index (χ0n) is 12.2. The zero-order chi connectivity index (χ0) is 15.8. The summed E-state index contributed by atoms with van der Waals surface area (Å²) in [5.74, 6) is 0.756. The fourth-order valence-corrected chi connectivity index (χ4v) is 2.71. The molecule has 0 aliphatic heterocycles. The van der Waals surface area contributed by atoms with Crippen molar-refractivity contribution in [2.75, 3.05) is 19.8 Å². The van der Waals surface area contributed by atoms with Gasteiger partial charge in [-0.2, -0.15) is 0 Å². The lowest BCUT2D eigenvalue weighted by molar-refractivity contribution is -0.387. The molecule has 0 aliphatic rings. The van der Waals surface area contributed by atoms with Gasteiger partial charge in [-0.15, -0.1) is 0 Å².